The first-order chi connectivity index (χ1) is 15.4. The highest BCUT2D eigenvalue weighted by Crippen LogP contribution is 2.56. The highest BCUT2D eigenvalue weighted by Gasteiger charge is 2.53. The van der Waals surface area contributed by atoms with Crippen LogP contribution in [0.5, 0.6) is 11.5 Å². The number of fused-ring (bicyclic) bond motifs is 1. The van der Waals surface area contributed by atoms with Crippen molar-refractivity contribution in [2.24, 2.45) is 0 Å². The quantitative estimate of drug-likeness (QED) is 0.330. The molecule has 0 aliphatic carbocycles. The van der Waals surface area contributed by atoms with Gasteiger partial charge in [-0.15, -0.1) is 0 Å². The Kier molecular flexibility index (Phi) is 5.57. The number of aryl methyl sites for hydroxylation is 2. The number of carbonyl (C=O) groups excluding carboxylic acids is 1. The molecule has 0 atom stereocenters. The molecule has 0 aromatic heterocycles. The fraction of sp³-hybridized carbons (Fsp3) is 0.200. The van der Waals surface area contributed by atoms with Gasteiger partial charge in [-0.2, -0.15) is 0 Å². The highest BCUT2D eigenvalue weighted by atomic mass is 79.9. The van der Waals surface area contributed by atoms with Gasteiger partial charge in [-0.05, 0) is 112 Å². The fourth-order valence-electron chi connectivity index (χ4n) is 4.46. The van der Waals surface area contributed by atoms with E-state index in [4.69, 9.17) is 4.74 Å². The second-order valence-electron chi connectivity index (χ2n) is 8.19. The van der Waals surface area contributed by atoms with Gasteiger partial charge in [0.05, 0.1) is 20.1 Å². The number of phenolic OH excluding ortho intramolecular Hbond substituents is 2. The number of rotatable bonds is 3. The van der Waals surface area contributed by atoms with Gasteiger partial charge in [0.15, 0.2) is 5.60 Å². The maximum atomic E-state index is 13.2. The van der Waals surface area contributed by atoms with Gasteiger partial charge in [0.1, 0.15) is 11.5 Å². The number of hydrogen-bond acceptors (Lipinski definition) is 5. The zero-order valence-electron chi connectivity index (χ0n) is 18.2. The number of phenols is 2. The number of esters is 1. The van der Waals surface area contributed by atoms with Gasteiger partial charge in [0, 0.05) is 16.7 Å². The van der Waals surface area contributed by atoms with Crippen LogP contribution in [0.3, 0.4) is 0 Å². The molecule has 6 nitrogen and oxygen atoms in total. The molecule has 8 heteroatoms. The van der Waals surface area contributed by atoms with Gasteiger partial charge < -0.3 is 20.1 Å². The minimum Gasteiger partial charge on any atom is -0.507 e. The summed E-state index contributed by atoms with van der Waals surface area (Å²) >= 11 is 6.96. The molecule has 3 aromatic rings. The number of benzene rings is 3. The monoisotopic (exact) mass is 574 g/mol. The summed E-state index contributed by atoms with van der Waals surface area (Å²) in [6.07, 6.45) is 0. The van der Waals surface area contributed by atoms with Crippen molar-refractivity contribution in [1.29, 1.82) is 0 Å². The number of hydrogen-bond donors (Lipinski definition) is 3. The van der Waals surface area contributed by atoms with Crippen LogP contribution >= 0.6 is 31.9 Å². The van der Waals surface area contributed by atoms with Gasteiger partial charge >= 0.3 is 11.9 Å². The second-order valence-corrected chi connectivity index (χ2v) is 9.78. The van der Waals surface area contributed by atoms with E-state index < -0.39 is 17.5 Å². The molecule has 170 valence electrons. The maximum absolute atomic E-state index is 13.2. The Morgan fingerprint density at radius 1 is 0.879 bits per heavy atom. The maximum Gasteiger partial charge on any atom is 0.340 e. The third-order valence-corrected chi connectivity index (χ3v) is 7.95. The number of aromatic hydroxyl groups is 2. The van der Waals surface area contributed by atoms with Crippen molar-refractivity contribution in [3.05, 3.63) is 89.3 Å². The molecular formula is C25H20Br2O6. The Morgan fingerprint density at radius 3 is 1.82 bits per heavy atom. The van der Waals surface area contributed by atoms with Gasteiger partial charge in [0.25, 0.3) is 0 Å². The number of cyclic esters (lactones) is 1. The van der Waals surface area contributed by atoms with Gasteiger partial charge in [-0.1, -0.05) is 0 Å². The summed E-state index contributed by atoms with van der Waals surface area (Å²) in [6, 6.07) is 7.39. The molecule has 4 rings (SSSR count). The molecule has 0 radical (unpaired) electrons. The van der Waals surface area contributed by atoms with Crippen LogP contribution in [0.15, 0.2) is 39.3 Å². The number of aromatic carboxylic acids is 1. The zero-order chi connectivity index (χ0) is 24.4. The van der Waals surface area contributed by atoms with Crippen LogP contribution in [0.4, 0.5) is 0 Å². The molecule has 3 aromatic carbocycles. The fourth-order valence-corrected chi connectivity index (χ4v) is 5.84. The minimum atomic E-state index is -1.64. The summed E-state index contributed by atoms with van der Waals surface area (Å²) < 4.78 is 6.77. The first-order valence-corrected chi connectivity index (χ1v) is 11.6. The van der Waals surface area contributed by atoms with Crippen LogP contribution in [0.2, 0.25) is 0 Å². The molecule has 3 N–H and O–H groups in total. The van der Waals surface area contributed by atoms with Crippen molar-refractivity contribution in [2.75, 3.05) is 0 Å². The third-order valence-electron chi connectivity index (χ3n) is 6.34. The molecule has 33 heavy (non-hydrogen) atoms. The average molecular weight is 576 g/mol. The summed E-state index contributed by atoms with van der Waals surface area (Å²) in [6.45, 7) is 7.31. The van der Waals surface area contributed by atoms with E-state index in [9.17, 15) is 24.9 Å². The van der Waals surface area contributed by atoms with E-state index in [1.165, 1.54) is 18.2 Å². The molecule has 0 saturated heterocycles. The van der Waals surface area contributed by atoms with E-state index in [2.05, 4.69) is 31.9 Å². The van der Waals surface area contributed by atoms with Crippen LogP contribution in [0.1, 0.15) is 59.7 Å². The molecule has 1 aliphatic heterocycles. The lowest BCUT2D eigenvalue weighted by atomic mass is 9.74. The molecule has 1 heterocycles. The molecule has 0 spiro atoms. The molecule has 1 aliphatic rings. The number of halogens is 2. The van der Waals surface area contributed by atoms with Crippen molar-refractivity contribution < 1.29 is 29.6 Å². The lowest BCUT2D eigenvalue weighted by Gasteiger charge is -2.35. The van der Waals surface area contributed by atoms with Gasteiger partial charge in [-0.3, -0.25) is 0 Å². The van der Waals surface area contributed by atoms with E-state index in [0.29, 0.717) is 25.6 Å². The van der Waals surface area contributed by atoms with Crippen LogP contribution in [0.25, 0.3) is 0 Å². The van der Waals surface area contributed by atoms with Crippen molar-refractivity contribution in [3.8, 4) is 11.5 Å². The number of carboxylic acid groups (broad SMARTS) is 1. The van der Waals surface area contributed by atoms with Gasteiger partial charge in [-0.25, -0.2) is 9.59 Å². The molecule has 0 amide bonds. The van der Waals surface area contributed by atoms with E-state index in [0.717, 1.165) is 22.3 Å². The Balaban J connectivity index is 2.30. The summed E-state index contributed by atoms with van der Waals surface area (Å²) in [7, 11) is 0. The van der Waals surface area contributed by atoms with E-state index >= 15 is 0 Å². The van der Waals surface area contributed by atoms with Crippen LogP contribution in [0, 0.1) is 27.7 Å². The van der Waals surface area contributed by atoms with Crippen molar-refractivity contribution in [3.63, 3.8) is 0 Å². The van der Waals surface area contributed by atoms with Crippen LogP contribution < -0.4 is 0 Å². The standard InChI is InChI=1S/C25H20Br2O6/c1-10-7-17(28)21(26)19(12(10)3)25(20-13(4)11(2)8-18(29)22(20)27)16-9-14(23(30)31)5-6-15(16)24(32)33-25/h5-9,28-29H,1-4H3,(H,30,31). The Morgan fingerprint density at radius 2 is 1.36 bits per heavy atom. The number of carboxylic acids is 1. The Labute approximate surface area is 207 Å². The lowest BCUT2D eigenvalue weighted by molar-refractivity contribution is 0.0242. The molecule has 0 bridgehead atoms. The predicted octanol–water partition coefficient (Wildman–Crippen LogP) is 6.02. The van der Waals surface area contributed by atoms with Crippen molar-refractivity contribution in [1.82, 2.24) is 0 Å². The average Bonchev–Trinajstić information content (AvgIpc) is 3.03. The number of ether oxygens (including phenoxy) is 1. The molecule has 0 fully saturated rings. The van der Waals surface area contributed by atoms with E-state index in [1.54, 1.807) is 12.1 Å². The minimum absolute atomic E-state index is 0.0206. The van der Waals surface area contributed by atoms with Crippen LogP contribution in [-0.4, -0.2) is 27.3 Å². The lowest BCUT2D eigenvalue weighted by Crippen LogP contribution is -2.33. The summed E-state index contributed by atoms with van der Waals surface area (Å²) in [5, 5.41) is 31.0. The molecule has 0 saturated carbocycles. The smallest absolute Gasteiger partial charge is 0.340 e. The third kappa shape index (κ3) is 3.27. The van der Waals surface area contributed by atoms with Crippen LogP contribution in [-0.2, 0) is 10.3 Å². The first-order valence-electron chi connectivity index (χ1n) is 10.0. The topological polar surface area (TPSA) is 104 Å². The summed E-state index contributed by atoms with van der Waals surface area (Å²) in [5.74, 6) is -1.91. The molecule has 0 unspecified atom stereocenters. The number of carbonyl (C=O) groups is 2. The largest absolute Gasteiger partial charge is 0.507 e. The normalized spacial score (nSPS) is 14.2. The Bertz CT molecular complexity index is 1260. The van der Waals surface area contributed by atoms with Crippen molar-refractivity contribution in [2.45, 2.75) is 33.3 Å². The van der Waals surface area contributed by atoms with E-state index in [-0.39, 0.29) is 22.6 Å². The SMILES string of the molecule is Cc1cc(O)c(Br)c(C2(c3c(C)c(C)cc(O)c3Br)OC(=O)c3ccc(C(=O)O)cc32)c1C. The summed E-state index contributed by atoms with van der Waals surface area (Å²) in [4.78, 5) is 25.0. The van der Waals surface area contributed by atoms with E-state index in [1.807, 2.05) is 27.7 Å². The summed E-state index contributed by atoms with van der Waals surface area (Å²) in [5.41, 5.74) is 2.71. The van der Waals surface area contributed by atoms with Crippen molar-refractivity contribution >= 4 is 43.8 Å². The zero-order valence-corrected chi connectivity index (χ0v) is 21.4. The second kappa shape index (κ2) is 7.88. The Hall–Kier alpha value is -2.84. The molecular weight excluding hydrogens is 556 g/mol. The first kappa shape index (κ1) is 23.3. The highest BCUT2D eigenvalue weighted by molar-refractivity contribution is 9.11. The van der Waals surface area contributed by atoms with Gasteiger partial charge in [0.2, 0.25) is 0 Å². The predicted molar refractivity (Wildman–Crippen MR) is 129 cm³/mol.